The van der Waals surface area contributed by atoms with Gasteiger partial charge in [-0.05, 0) is 62.3 Å². The van der Waals surface area contributed by atoms with Gasteiger partial charge in [-0.2, -0.15) is 4.99 Å². The first-order valence-electron chi connectivity index (χ1n) is 11.7. The Labute approximate surface area is 213 Å². The topological polar surface area (TPSA) is 93.7 Å². The molecule has 2 N–H and O–H groups in total. The first-order valence-corrected chi connectivity index (χ1v) is 13.7. The summed E-state index contributed by atoms with van der Waals surface area (Å²) in [4.78, 5) is 28.9. The highest BCUT2D eigenvalue weighted by atomic mass is 32.2. The average Bonchev–Trinajstić information content (AvgIpc) is 3.25. The predicted octanol–water partition coefficient (Wildman–Crippen LogP) is 5.83. The molecule has 186 valence electrons. The summed E-state index contributed by atoms with van der Waals surface area (Å²) < 4.78 is 20.7. The Balaban J connectivity index is 1.39. The van der Waals surface area contributed by atoms with Crippen LogP contribution in [0, 0.1) is 17.7 Å². The summed E-state index contributed by atoms with van der Waals surface area (Å²) in [7, 11) is 0. The molecule has 7 nitrogen and oxygen atoms in total. The van der Waals surface area contributed by atoms with Crippen molar-refractivity contribution in [1.82, 2.24) is 14.9 Å². The van der Waals surface area contributed by atoms with Crippen molar-refractivity contribution in [2.75, 3.05) is 19.3 Å². The number of thioether (sulfide) groups is 1. The molecule has 35 heavy (non-hydrogen) atoms. The minimum atomic E-state index is -0.291. The number of hydrogen-bond acceptors (Lipinski definition) is 6. The van der Waals surface area contributed by atoms with E-state index in [9.17, 15) is 9.18 Å². The lowest BCUT2D eigenvalue weighted by molar-refractivity contribution is 0.0986. The molecule has 0 radical (unpaired) electrons. The molecule has 0 bridgehead atoms. The third-order valence-corrected chi connectivity index (χ3v) is 7.85. The summed E-state index contributed by atoms with van der Waals surface area (Å²) in [5, 5.41) is 0.545. The van der Waals surface area contributed by atoms with Crippen molar-refractivity contribution in [3.05, 3.63) is 36.1 Å². The maximum atomic E-state index is 14.6. The Kier molecular flexibility index (Phi) is 7.91. The number of nitrogens with two attached hydrogens (primary N) is 1. The number of likely N-dealkylation sites (tertiary alicyclic amines) is 1. The van der Waals surface area contributed by atoms with Crippen LogP contribution in [0.5, 0.6) is 5.19 Å². The number of fused-ring (bicyclic) bond motifs is 1. The van der Waals surface area contributed by atoms with Crippen LogP contribution in [0.2, 0.25) is 0 Å². The van der Waals surface area contributed by atoms with E-state index in [-0.39, 0.29) is 23.9 Å². The van der Waals surface area contributed by atoms with Gasteiger partial charge >= 0.3 is 6.03 Å². The number of aliphatic imine (C=N–C) groups is 1. The molecule has 3 heterocycles. The molecule has 0 saturated carbocycles. The van der Waals surface area contributed by atoms with E-state index in [4.69, 9.17) is 10.5 Å². The molecule has 2 amide bonds. The van der Waals surface area contributed by atoms with Gasteiger partial charge in [-0.25, -0.2) is 19.2 Å². The lowest BCUT2D eigenvalue weighted by Gasteiger charge is -2.33. The number of nitrogens with zero attached hydrogens (tertiary/aromatic N) is 4. The van der Waals surface area contributed by atoms with Crippen LogP contribution >= 0.6 is 23.1 Å². The van der Waals surface area contributed by atoms with Gasteiger partial charge in [0.1, 0.15) is 28.1 Å². The number of pyridine rings is 1. The minimum Gasteiger partial charge on any atom is -0.467 e. The van der Waals surface area contributed by atoms with E-state index >= 15 is 0 Å². The number of ether oxygens (including phenoxy) is 1. The van der Waals surface area contributed by atoms with Crippen molar-refractivity contribution >= 4 is 45.3 Å². The lowest BCUT2D eigenvalue weighted by atomic mass is 9.92. The molecule has 3 aromatic rings. The molecule has 4 rings (SSSR count). The first kappa shape index (κ1) is 25.4. The monoisotopic (exact) mass is 515 g/mol. The van der Waals surface area contributed by atoms with Gasteiger partial charge < -0.3 is 15.4 Å². The molecular weight excluding hydrogens is 485 g/mol. The van der Waals surface area contributed by atoms with E-state index in [2.05, 4.69) is 15.0 Å². The molecule has 10 heteroatoms. The van der Waals surface area contributed by atoms with Crippen molar-refractivity contribution < 1.29 is 13.9 Å². The van der Waals surface area contributed by atoms with Gasteiger partial charge in [-0.15, -0.1) is 11.8 Å². The third kappa shape index (κ3) is 5.92. The number of piperidine rings is 1. The minimum absolute atomic E-state index is 0.0454. The van der Waals surface area contributed by atoms with Crippen LogP contribution in [-0.4, -0.2) is 52.2 Å². The van der Waals surface area contributed by atoms with Crippen molar-refractivity contribution in [1.29, 1.82) is 0 Å². The Morgan fingerprint density at radius 1 is 1.23 bits per heavy atom. The standard InChI is InChI=1S/C25H30FN5O2S2/c1-14(2)22(27)30-24(32)31-11-9-16(10-12-31)15(3)33-25-29-21-8-7-20(28-23(21)35-25)18-6-5-17(34-4)13-19(18)26/h5-8,13-16H,9-12H2,1-4H3,(H2,27,30,32). The highest BCUT2D eigenvalue weighted by Crippen LogP contribution is 2.33. The molecule has 1 aromatic carbocycles. The number of benzene rings is 1. The van der Waals surface area contributed by atoms with E-state index in [1.165, 1.54) is 29.2 Å². The summed E-state index contributed by atoms with van der Waals surface area (Å²) in [6, 6.07) is 8.54. The Morgan fingerprint density at radius 2 is 1.97 bits per heavy atom. The number of aromatic nitrogens is 2. The highest BCUT2D eigenvalue weighted by Gasteiger charge is 2.28. The second kappa shape index (κ2) is 10.9. The van der Waals surface area contributed by atoms with Gasteiger partial charge in [0.05, 0.1) is 5.69 Å². The number of amidine groups is 1. The molecule has 1 saturated heterocycles. The van der Waals surface area contributed by atoms with Crippen LogP contribution in [0.3, 0.4) is 0 Å². The molecule has 0 aliphatic carbocycles. The van der Waals surface area contributed by atoms with Crippen molar-refractivity contribution in [2.24, 2.45) is 22.6 Å². The number of carbonyl (C=O) groups is 1. The van der Waals surface area contributed by atoms with Gasteiger partial charge in [-0.3, -0.25) is 0 Å². The number of carbonyl (C=O) groups excluding carboxylic acids is 1. The van der Waals surface area contributed by atoms with E-state index in [1.807, 2.05) is 39.2 Å². The number of urea groups is 1. The summed E-state index contributed by atoms with van der Waals surface area (Å²) in [6.07, 6.45) is 3.50. The Bertz CT molecular complexity index is 1240. The molecular formula is C25H30FN5O2S2. The molecule has 1 fully saturated rings. The van der Waals surface area contributed by atoms with E-state index in [1.54, 1.807) is 17.0 Å². The van der Waals surface area contributed by atoms with Crippen LogP contribution < -0.4 is 10.5 Å². The van der Waals surface area contributed by atoms with Gasteiger partial charge in [0, 0.05) is 29.5 Å². The van der Waals surface area contributed by atoms with Crippen molar-refractivity contribution in [3.8, 4) is 16.5 Å². The summed E-state index contributed by atoms with van der Waals surface area (Å²) in [6.45, 7) is 7.11. The average molecular weight is 516 g/mol. The van der Waals surface area contributed by atoms with Crippen LogP contribution in [0.1, 0.15) is 33.6 Å². The fourth-order valence-corrected chi connectivity index (χ4v) is 5.25. The molecule has 1 unspecified atom stereocenters. The normalized spacial score (nSPS) is 16.2. The Hall–Kier alpha value is -2.72. The first-order chi connectivity index (χ1) is 16.7. The molecule has 1 aliphatic heterocycles. The van der Waals surface area contributed by atoms with Gasteiger partial charge in [0.15, 0.2) is 0 Å². The zero-order valence-corrected chi connectivity index (χ0v) is 22.0. The second-order valence-corrected chi connectivity index (χ2v) is 10.8. The van der Waals surface area contributed by atoms with Crippen molar-refractivity contribution in [3.63, 3.8) is 0 Å². The molecule has 1 aliphatic rings. The quantitative estimate of drug-likeness (QED) is 0.252. The van der Waals surface area contributed by atoms with E-state index in [0.717, 1.165) is 23.3 Å². The maximum Gasteiger partial charge on any atom is 0.345 e. The predicted molar refractivity (Wildman–Crippen MR) is 141 cm³/mol. The number of rotatable bonds is 6. The fraction of sp³-hybridized carbons (Fsp3) is 0.440. The summed E-state index contributed by atoms with van der Waals surface area (Å²) in [5.41, 5.74) is 7.60. The summed E-state index contributed by atoms with van der Waals surface area (Å²) in [5.74, 6) is 0.413. The SMILES string of the molecule is CSc1ccc(-c2ccc3nc(OC(C)C4CCN(C(=O)/N=C(\N)C(C)C)CC4)sc3n2)c(F)c1. The second-order valence-electron chi connectivity index (χ2n) is 8.97. The van der Waals surface area contributed by atoms with Crippen LogP contribution in [0.4, 0.5) is 9.18 Å². The molecule has 2 aromatic heterocycles. The van der Waals surface area contributed by atoms with E-state index < -0.39 is 0 Å². The zero-order chi connectivity index (χ0) is 25.1. The van der Waals surface area contributed by atoms with E-state index in [0.29, 0.717) is 46.1 Å². The largest absolute Gasteiger partial charge is 0.467 e. The van der Waals surface area contributed by atoms with Crippen molar-refractivity contribution in [2.45, 2.75) is 44.6 Å². The Morgan fingerprint density at radius 3 is 2.63 bits per heavy atom. The van der Waals surface area contributed by atoms with Crippen LogP contribution in [-0.2, 0) is 0 Å². The fourth-order valence-electron chi connectivity index (χ4n) is 3.95. The third-order valence-electron chi connectivity index (χ3n) is 6.27. The molecule has 1 atom stereocenters. The lowest BCUT2D eigenvalue weighted by Crippen LogP contribution is -2.41. The van der Waals surface area contributed by atoms with Gasteiger partial charge in [0.25, 0.3) is 5.19 Å². The zero-order valence-electron chi connectivity index (χ0n) is 20.3. The maximum absolute atomic E-state index is 14.6. The molecule has 0 spiro atoms. The number of hydrogen-bond donors (Lipinski definition) is 1. The van der Waals surface area contributed by atoms with Gasteiger partial charge in [0.2, 0.25) is 0 Å². The van der Waals surface area contributed by atoms with Crippen LogP contribution in [0.15, 0.2) is 40.2 Å². The summed E-state index contributed by atoms with van der Waals surface area (Å²) >= 11 is 2.86. The van der Waals surface area contributed by atoms with Crippen LogP contribution in [0.25, 0.3) is 21.6 Å². The van der Waals surface area contributed by atoms with Gasteiger partial charge in [-0.1, -0.05) is 25.2 Å². The smallest absolute Gasteiger partial charge is 0.345 e. The highest BCUT2D eigenvalue weighted by molar-refractivity contribution is 7.98. The number of amides is 2. The number of halogens is 1. The number of thiazole rings is 1.